The fourth-order valence-corrected chi connectivity index (χ4v) is 3.73. The van der Waals surface area contributed by atoms with E-state index in [-0.39, 0.29) is 23.9 Å². The van der Waals surface area contributed by atoms with Gasteiger partial charge in [0, 0.05) is 18.0 Å². The number of benzene rings is 3. The Morgan fingerprint density at radius 2 is 1.72 bits per heavy atom. The summed E-state index contributed by atoms with van der Waals surface area (Å²) in [7, 11) is -2.41. The molecule has 1 amide bonds. The van der Waals surface area contributed by atoms with E-state index in [1.54, 1.807) is 0 Å². The number of halogens is 3. The van der Waals surface area contributed by atoms with Crippen molar-refractivity contribution in [2.75, 3.05) is 29.9 Å². The van der Waals surface area contributed by atoms with Crippen LogP contribution in [0.2, 0.25) is 0 Å². The van der Waals surface area contributed by atoms with Gasteiger partial charge in [0.15, 0.2) is 27.2 Å². The zero-order valence-electron chi connectivity index (χ0n) is 20.0. The summed E-state index contributed by atoms with van der Waals surface area (Å²) in [5, 5.41) is 5.18. The van der Waals surface area contributed by atoms with E-state index >= 15 is 0 Å². The van der Waals surface area contributed by atoms with Crippen molar-refractivity contribution < 1.29 is 35.9 Å². The summed E-state index contributed by atoms with van der Waals surface area (Å²) in [5.74, 6) is -6.57. The molecule has 0 saturated heterocycles. The predicted molar refractivity (Wildman–Crippen MR) is 131 cm³/mol. The topological polar surface area (TPSA) is 93.7 Å². The van der Waals surface area contributed by atoms with Crippen LogP contribution in [0.15, 0.2) is 42.5 Å². The van der Waals surface area contributed by atoms with Crippen LogP contribution in [0, 0.1) is 31.3 Å². The Kier molecular flexibility index (Phi) is 8.13. The van der Waals surface area contributed by atoms with Crippen molar-refractivity contribution >= 4 is 27.1 Å². The summed E-state index contributed by atoms with van der Waals surface area (Å²) in [6.45, 7) is 4.00. The number of carbonyl (C=O) groups excluding carboxylic acids is 1. The normalized spacial score (nSPS) is 11.2. The van der Waals surface area contributed by atoms with Crippen LogP contribution in [0.3, 0.4) is 0 Å². The molecule has 7 nitrogen and oxygen atoms in total. The van der Waals surface area contributed by atoms with Crippen LogP contribution in [-0.2, 0) is 16.4 Å². The van der Waals surface area contributed by atoms with Gasteiger partial charge in [-0.05, 0) is 43.2 Å². The van der Waals surface area contributed by atoms with Gasteiger partial charge in [-0.2, -0.15) is 4.39 Å². The van der Waals surface area contributed by atoms with Gasteiger partial charge in [0.25, 0.3) is 5.91 Å². The number of nitrogens with one attached hydrogen (secondary N) is 2. The molecule has 0 saturated carbocycles. The lowest BCUT2D eigenvalue weighted by molar-refractivity contribution is 0.102. The van der Waals surface area contributed by atoms with Crippen LogP contribution in [-0.4, -0.2) is 33.6 Å². The lowest BCUT2D eigenvalue weighted by atomic mass is 10.1. The van der Waals surface area contributed by atoms with E-state index in [9.17, 15) is 26.4 Å². The molecule has 3 aromatic carbocycles. The molecule has 0 aliphatic heterocycles. The van der Waals surface area contributed by atoms with Gasteiger partial charge in [-0.25, -0.2) is 17.2 Å². The van der Waals surface area contributed by atoms with Gasteiger partial charge in [0.1, 0.15) is 18.2 Å². The molecule has 2 N–H and O–H groups in total. The van der Waals surface area contributed by atoms with Crippen LogP contribution in [0.5, 0.6) is 11.5 Å². The molecule has 3 rings (SSSR count). The van der Waals surface area contributed by atoms with E-state index < -0.39 is 44.5 Å². The Hall–Kier alpha value is -3.73. The average Bonchev–Trinajstić information content (AvgIpc) is 2.81. The molecule has 0 aliphatic rings. The number of amides is 1. The van der Waals surface area contributed by atoms with Gasteiger partial charge >= 0.3 is 0 Å². The predicted octanol–water partition coefficient (Wildman–Crippen LogP) is 4.97. The monoisotopic (exact) mass is 522 g/mol. The summed E-state index contributed by atoms with van der Waals surface area (Å²) in [5.41, 5.74) is 2.63. The van der Waals surface area contributed by atoms with E-state index in [1.165, 1.54) is 18.2 Å². The second-order valence-corrected chi connectivity index (χ2v) is 10.3. The Labute approximate surface area is 207 Å². The van der Waals surface area contributed by atoms with Gasteiger partial charge < -0.3 is 20.1 Å². The number of carbonyl (C=O) groups is 1. The smallest absolute Gasteiger partial charge is 0.258 e. The van der Waals surface area contributed by atoms with Crippen LogP contribution >= 0.6 is 0 Å². The Morgan fingerprint density at radius 3 is 2.39 bits per heavy atom. The first kappa shape index (κ1) is 26.9. The van der Waals surface area contributed by atoms with Gasteiger partial charge in [0.05, 0.1) is 18.4 Å². The van der Waals surface area contributed by atoms with Gasteiger partial charge in [-0.15, -0.1) is 0 Å². The van der Waals surface area contributed by atoms with Crippen LogP contribution in [0.4, 0.5) is 24.5 Å². The Bertz CT molecular complexity index is 1410. The van der Waals surface area contributed by atoms with Crippen LogP contribution < -0.4 is 20.1 Å². The SMILES string of the molecule is COc1c(F)c(F)cc(C(=O)Nc2ccc(NCS(C)(=O)=O)c(OCc3cc(C)ccc3C)c2)c1F. The highest BCUT2D eigenvalue weighted by atomic mass is 32.2. The molecular weight excluding hydrogens is 497 g/mol. The maximum atomic E-state index is 14.5. The number of rotatable bonds is 9. The molecule has 36 heavy (non-hydrogen) atoms. The number of sulfone groups is 1. The fourth-order valence-electron chi connectivity index (χ4n) is 3.31. The highest BCUT2D eigenvalue weighted by Gasteiger charge is 2.24. The minimum atomic E-state index is -3.36. The third-order valence-corrected chi connectivity index (χ3v) is 5.89. The first-order valence-corrected chi connectivity index (χ1v) is 12.7. The number of methoxy groups -OCH3 is 1. The number of anilines is 2. The number of aryl methyl sites for hydroxylation is 2. The standard InChI is InChI=1S/C25H25F3N2O5S/c1-14-5-6-15(2)16(9-14)12-35-21-10-17(7-8-20(21)29-13-36(4,32)33)30-25(31)18-11-19(26)23(28)24(34-3)22(18)27/h5-11,29H,12-13H2,1-4H3,(H,30,31). The van der Waals surface area contributed by atoms with Crippen molar-refractivity contribution in [3.63, 3.8) is 0 Å². The molecule has 11 heteroatoms. The summed E-state index contributed by atoms with van der Waals surface area (Å²) in [4.78, 5) is 12.6. The average molecular weight is 523 g/mol. The molecule has 0 aromatic heterocycles. The van der Waals surface area contributed by atoms with Crippen LogP contribution in [0.25, 0.3) is 0 Å². The van der Waals surface area contributed by atoms with E-state index in [0.717, 1.165) is 30.1 Å². The number of hydrogen-bond donors (Lipinski definition) is 2. The first-order chi connectivity index (χ1) is 16.9. The van der Waals surface area contributed by atoms with E-state index in [4.69, 9.17) is 4.74 Å². The van der Waals surface area contributed by atoms with Crippen molar-refractivity contribution in [1.82, 2.24) is 0 Å². The third kappa shape index (κ3) is 6.48. The highest BCUT2D eigenvalue weighted by molar-refractivity contribution is 7.90. The highest BCUT2D eigenvalue weighted by Crippen LogP contribution is 2.31. The molecule has 0 bridgehead atoms. The molecule has 0 unspecified atom stereocenters. The van der Waals surface area contributed by atoms with Gasteiger partial charge in [-0.3, -0.25) is 4.79 Å². The lowest BCUT2D eigenvalue weighted by Gasteiger charge is -2.16. The molecule has 192 valence electrons. The molecule has 0 heterocycles. The third-order valence-electron chi connectivity index (χ3n) is 5.22. The summed E-state index contributed by atoms with van der Waals surface area (Å²) in [6, 6.07) is 10.6. The first-order valence-electron chi connectivity index (χ1n) is 10.7. The molecule has 0 radical (unpaired) electrons. The van der Waals surface area contributed by atoms with Crippen LogP contribution in [0.1, 0.15) is 27.0 Å². The largest absolute Gasteiger partial charge is 0.491 e. The summed E-state index contributed by atoms with van der Waals surface area (Å²) >= 11 is 0. The van der Waals surface area contributed by atoms with Gasteiger partial charge in [-0.1, -0.05) is 23.8 Å². The van der Waals surface area contributed by atoms with E-state index in [2.05, 4.69) is 15.4 Å². The second-order valence-electron chi connectivity index (χ2n) is 8.20. The molecule has 0 fully saturated rings. The number of ether oxygens (including phenoxy) is 2. The molecule has 3 aromatic rings. The second kappa shape index (κ2) is 10.9. The minimum absolute atomic E-state index is 0.143. The molecule has 0 aliphatic carbocycles. The van der Waals surface area contributed by atoms with Crippen molar-refractivity contribution in [2.24, 2.45) is 0 Å². The summed E-state index contributed by atoms with van der Waals surface area (Å²) < 4.78 is 75.8. The van der Waals surface area contributed by atoms with E-state index in [1.807, 2.05) is 32.0 Å². The van der Waals surface area contributed by atoms with Crippen molar-refractivity contribution in [3.05, 3.63) is 82.2 Å². The van der Waals surface area contributed by atoms with Gasteiger partial charge in [0.2, 0.25) is 5.82 Å². The fraction of sp³-hybridized carbons (Fsp3) is 0.240. The van der Waals surface area contributed by atoms with Crippen molar-refractivity contribution in [3.8, 4) is 11.5 Å². The zero-order valence-corrected chi connectivity index (χ0v) is 20.9. The Balaban J connectivity index is 1.91. The minimum Gasteiger partial charge on any atom is -0.491 e. The van der Waals surface area contributed by atoms with Crippen molar-refractivity contribution in [1.29, 1.82) is 0 Å². The molecule has 0 atom stereocenters. The quantitative estimate of drug-likeness (QED) is 0.385. The Morgan fingerprint density at radius 1 is 1.00 bits per heavy atom. The molecular formula is C25H25F3N2O5S. The maximum Gasteiger partial charge on any atom is 0.258 e. The summed E-state index contributed by atoms with van der Waals surface area (Å²) in [6.07, 6.45) is 1.07. The van der Waals surface area contributed by atoms with Crippen molar-refractivity contribution in [2.45, 2.75) is 20.5 Å². The van der Waals surface area contributed by atoms with E-state index in [0.29, 0.717) is 11.8 Å². The maximum absolute atomic E-state index is 14.5. The number of hydrogen-bond acceptors (Lipinski definition) is 6. The zero-order chi connectivity index (χ0) is 26.6. The molecule has 0 spiro atoms. The lowest BCUT2D eigenvalue weighted by Crippen LogP contribution is -2.16.